The van der Waals surface area contributed by atoms with Crippen LogP contribution in [0.3, 0.4) is 0 Å². The van der Waals surface area contributed by atoms with Crippen molar-refractivity contribution in [2.45, 2.75) is 52.7 Å². The topological polar surface area (TPSA) is 86.8 Å². The third kappa shape index (κ3) is 7.47. The Labute approximate surface area is 201 Å². The van der Waals surface area contributed by atoms with Crippen molar-refractivity contribution >= 4 is 39.1 Å². The standard InChI is InChI=1S/C24H32ClN3O4S/c1-17-20(25)13-10-14-21(17)28(33(6,31)32)16-22(29)27(15-19-11-8-7-9-12-19)18(2)23(30)26-24(3,4)5/h7-14,18H,15-16H2,1-6H3,(H,26,30)/t18-/m1/s1. The molecule has 0 bridgehead atoms. The van der Waals surface area contributed by atoms with Crippen molar-refractivity contribution in [3.05, 3.63) is 64.7 Å². The van der Waals surface area contributed by atoms with Gasteiger partial charge >= 0.3 is 0 Å². The highest BCUT2D eigenvalue weighted by Gasteiger charge is 2.31. The maximum atomic E-state index is 13.5. The predicted molar refractivity (Wildman–Crippen MR) is 133 cm³/mol. The fourth-order valence-electron chi connectivity index (χ4n) is 3.30. The van der Waals surface area contributed by atoms with Gasteiger partial charge in [-0.05, 0) is 57.9 Å². The van der Waals surface area contributed by atoms with Gasteiger partial charge in [0.05, 0.1) is 11.9 Å². The SMILES string of the molecule is Cc1c(Cl)cccc1N(CC(=O)N(Cc1ccccc1)[C@H](C)C(=O)NC(C)(C)C)S(C)(=O)=O. The van der Waals surface area contributed by atoms with Crippen LogP contribution in [0.15, 0.2) is 48.5 Å². The number of hydrogen-bond acceptors (Lipinski definition) is 4. The summed E-state index contributed by atoms with van der Waals surface area (Å²) in [6, 6.07) is 13.3. The van der Waals surface area contributed by atoms with Crippen LogP contribution in [-0.2, 0) is 26.2 Å². The number of rotatable bonds is 8. The number of amides is 2. The molecule has 2 aromatic carbocycles. The maximum Gasteiger partial charge on any atom is 0.244 e. The van der Waals surface area contributed by atoms with Gasteiger partial charge in [0, 0.05) is 17.1 Å². The van der Waals surface area contributed by atoms with Crippen LogP contribution in [0.25, 0.3) is 0 Å². The Kier molecular flexibility index (Phi) is 8.54. The van der Waals surface area contributed by atoms with Crippen molar-refractivity contribution in [3.8, 4) is 0 Å². The van der Waals surface area contributed by atoms with Crippen LogP contribution in [0.4, 0.5) is 5.69 Å². The van der Waals surface area contributed by atoms with Crippen LogP contribution in [0, 0.1) is 6.92 Å². The van der Waals surface area contributed by atoms with E-state index in [2.05, 4.69) is 5.32 Å². The highest BCUT2D eigenvalue weighted by molar-refractivity contribution is 7.92. The Morgan fingerprint density at radius 3 is 2.21 bits per heavy atom. The minimum Gasteiger partial charge on any atom is -0.350 e. The van der Waals surface area contributed by atoms with Gasteiger partial charge in [0.1, 0.15) is 12.6 Å². The molecule has 1 atom stereocenters. The molecule has 0 aliphatic carbocycles. The molecule has 0 saturated heterocycles. The van der Waals surface area contributed by atoms with Crippen molar-refractivity contribution in [1.29, 1.82) is 0 Å². The van der Waals surface area contributed by atoms with Crippen molar-refractivity contribution in [1.82, 2.24) is 10.2 Å². The Morgan fingerprint density at radius 1 is 1.06 bits per heavy atom. The van der Waals surface area contributed by atoms with Crippen LogP contribution < -0.4 is 9.62 Å². The molecule has 0 heterocycles. The molecule has 33 heavy (non-hydrogen) atoms. The summed E-state index contributed by atoms with van der Waals surface area (Å²) in [6.45, 7) is 8.60. The summed E-state index contributed by atoms with van der Waals surface area (Å²) in [5.74, 6) is -0.822. The third-order valence-corrected chi connectivity index (χ3v) is 6.58. The molecular formula is C24H32ClN3O4S. The molecule has 0 unspecified atom stereocenters. The van der Waals surface area contributed by atoms with Gasteiger partial charge in [0.15, 0.2) is 0 Å². The molecule has 2 rings (SSSR count). The molecule has 0 aliphatic heterocycles. The summed E-state index contributed by atoms with van der Waals surface area (Å²) in [5, 5.41) is 3.29. The van der Waals surface area contributed by atoms with Gasteiger partial charge in [-0.15, -0.1) is 0 Å². The van der Waals surface area contributed by atoms with Crippen molar-refractivity contribution in [2.24, 2.45) is 0 Å². The highest BCUT2D eigenvalue weighted by Crippen LogP contribution is 2.28. The number of hydrogen-bond donors (Lipinski definition) is 1. The van der Waals surface area contributed by atoms with E-state index in [1.165, 1.54) is 4.90 Å². The fourth-order valence-corrected chi connectivity index (χ4v) is 4.37. The number of sulfonamides is 1. The Morgan fingerprint density at radius 2 is 1.67 bits per heavy atom. The van der Waals surface area contributed by atoms with Crippen molar-refractivity contribution in [3.63, 3.8) is 0 Å². The van der Waals surface area contributed by atoms with E-state index in [9.17, 15) is 18.0 Å². The van der Waals surface area contributed by atoms with E-state index in [0.717, 1.165) is 16.1 Å². The molecular weight excluding hydrogens is 462 g/mol. The second-order valence-corrected chi connectivity index (χ2v) is 11.4. The summed E-state index contributed by atoms with van der Waals surface area (Å²) in [7, 11) is -3.81. The number of carbonyl (C=O) groups is 2. The first kappa shape index (κ1) is 26.7. The summed E-state index contributed by atoms with van der Waals surface area (Å²) in [5.41, 5.74) is 1.21. The van der Waals surface area contributed by atoms with Crippen LogP contribution in [0.1, 0.15) is 38.8 Å². The first-order chi connectivity index (χ1) is 15.2. The first-order valence-corrected chi connectivity index (χ1v) is 12.8. The molecule has 1 N–H and O–H groups in total. The largest absolute Gasteiger partial charge is 0.350 e. The average molecular weight is 494 g/mol. The number of nitrogens with zero attached hydrogens (tertiary/aromatic N) is 2. The third-order valence-electron chi connectivity index (χ3n) is 5.05. The number of nitrogens with one attached hydrogen (secondary N) is 1. The Bertz CT molecular complexity index is 1100. The minimum absolute atomic E-state index is 0.157. The van der Waals surface area contributed by atoms with Crippen LogP contribution >= 0.6 is 11.6 Å². The Hall–Kier alpha value is -2.58. The molecule has 0 spiro atoms. The summed E-state index contributed by atoms with van der Waals surface area (Å²) in [4.78, 5) is 27.8. The second-order valence-electron chi connectivity index (χ2n) is 9.08. The lowest BCUT2D eigenvalue weighted by molar-refractivity contribution is -0.140. The first-order valence-electron chi connectivity index (χ1n) is 10.6. The molecule has 0 radical (unpaired) electrons. The zero-order chi connectivity index (χ0) is 25.0. The lowest BCUT2D eigenvalue weighted by Gasteiger charge is -2.33. The van der Waals surface area contributed by atoms with Gasteiger partial charge in [-0.2, -0.15) is 0 Å². The van der Waals surface area contributed by atoms with Crippen molar-refractivity contribution < 1.29 is 18.0 Å². The van der Waals surface area contributed by atoms with E-state index >= 15 is 0 Å². The number of halogens is 1. The summed E-state index contributed by atoms with van der Waals surface area (Å²) < 4.78 is 26.3. The van der Waals surface area contributed by atoms with Crippen molar-refractivity contribution in [2.75, 3.05) is 17.1 Å². The monoisotopic (exact) mass is 493 g/mol. The molecule has 0 aromatic heterocycles. The normalized spacial score (nSPS) is 12.7. The maximum absolute atomic E-state index is 13.5. The number of anilines is 1. The predicted octanol–water partition coefficient (Wildman–Crippen LogP) is 3.75. The fraction of sp³-hybridized carbons (Fsp3) is 0.417. The van der Waals surface area contributed by atoms with E-state index < -0.39 is 34.1 Å². The van der Waals surface area contributed by atoms with Gasteiger partial charge in [0.25, 0.3) is 0 Å². The highest BCUT2D eigenvalue weighted by atomic mass is 35.5. The smallest absolute Gasteiger partial charge is 0.244 e. The van der Waals surface area contributed by atoms with Crippen LogP contribution in [0.5, 0.6) is 0 Å². The van der Waals surface area contributed by atoms with E-state index in [0.29, 0.717) is 16.3 Å². The van der Waals surface area contributed by atoms with E-state index in [1.54, 1.807) is 32.0 Å². The minimum atomic E-state index is -3.81. The zero-order valence-corrected chi connectivity index (χ0v) is 21.5. The average Bonchev–Trinajstić information content (AvgIpc) is 2.70. The lowest BCUT2D eigenvalue weighted by Crippen LogP contribution is -2.54. The zero-order valence-electron chi connectivity index (χ0n) is 19.9. The van der Waals surface area contributed by atoms with Gasteiger partial charge in [-0.25, -0.2) is 8.42 Å². The van der Waals surface area contributed by atoms with Crippen LogP contribution in [-0.4, -0.2) is 49.5 Å². The van der Waals surface area contributed by atoms with E-state index in [1.807, 2.05) is 51.1 Å². The molecule has 2 aromatic rings. The quantitative estimate of drug-likeness (QED) is 0.606. The van der Waals surface area contributed by atoms with Gasteiger partial charge in [0.2, 0.25) is 21.8 Å². The molecule has 0 fully saturated rings. The molecule has 7 nitrogen and oxygen atoms in total. The van der Waals surface area contributed by atoms with Gasteiger partial charge in [-0.1, -0.05) is 48.0 Å². The molecule has 2 amide bonds. The number of carbonyl (C=O) groups excluding carboxylic acids is 2. The Balaban J connectivity index is 2.42. The van der Waals surface area contributed by atoms with E-state index in [4.69, 9.17) is 11.6 Å². The number of benzene rings is 2. The van der Waals surface area contributed by atoms with Gasteiger partial charge in [-0.3, -0.25) is 13.9 Å². The van der Waals surface area contributed by atoms with Gasteiger partial charge < -0.3 is 10.2 Å². The lowest BCUT2D eigenvalue weighted by atomic mass is 10.1. The van der Waals surface area contributed by atoms with E-state index in [-0.39, 0.29) is 12.5 Å². The summed E-state index contributed by atoms with van der Waals surface area (Å²) in [6.07, 6.45) is 1.04. The molecule has 0 saturated carbocycles. The van der Waals surface area contributed by atoms with Crippen LogP contribution in [0.2, 0.25) is 5.02 Å². The molecule has 180 valence electrons. The molecule has 9 heteroatoms. The second kappa shape index (κ2) is 10.6. The molecule has 0 aliphatic rings. The summed E-state index contributed by atoms with van der Waals surface area (Å²) >= 11 is 6.20.